The van der Waals surface area contributed by atoms with Crippen LogP contribution in [0, 0.1) is 5.92 Å². The third-order valence-electron chi connectivity index (χ3n) is 4.59. The van der Waals surface area contributed by atoms with Crippen LogP contribution in [0.1, 0.15) is 50.8 Å². The zero-order chi connectivity index (χ0) is 13.3. The first kappa shape index (κ1) is 13.7. The number of halogens is 1. The van der Waals surface area contributed by atoms with Crippen molar-refractivity contribution in [2.45, 2.75) is 50.7 Å². The van der Waals surface area contributed by atoms with Crippen molar-refractivity contribution in [2.75, 3.05) is 13.2 Å². The van der Waals surface area contributed by atoms with Crippen LogP contribution in [0.15, 0.2) is 21.2 Å². The Hall–Kier alpha value is -0.320. The minimum atomic E-state index is 0.195. The Labute approximate surface area is 123 Å². The minimum absolute atomic E-state index is 0.195. The third-order valence-corrected chi connectivity index (χ3v) is 5.02. The summed E-state index contributed by atoms with van der Waals surface area (Å²) in [4.78, 5) is 0. The summed E-state index contributed by atoms with van der Waals surface area (Å²) in [5, 5.41) is 3.60. The van der Waals surface area contributed by atoms with Gasteiger partial charge in [0.15, 0.2) is 4.67 Å². The number of furan rings is 1. The first-order valence-electron chi connectivity index (χ1n) is 7.35. The number of hydrogen-bond acceptors (Lipinski definition) is 3. The Balaban J connectivity index is 1.75. The molecule has 0 radical (unpaired) electrons. The van der Waals surface area contributed by atoms with Gasteiger partial charge in [0.1, 0.15) is 5.76 Å². The first-order valence-corrected chi connectivity index (χ1v) is 8.14. The lowest BCUT2D eigenvalue weighted by Crippen LogP contribution is -2.48. The van der Waals surface area contributed by atoms with Crippen molar-refractivity contribution < 1.29 is 9.15 Å². The molecule has 1 aromatic rings. The maximum atomic E-state index is 6.03. The van der Waals surface area contributed by atoms with Crippen molar-refractivity contribution >= 4 is 15.9 Å². The molecule has 1 saturated carbocycles. The number of rotatable bonds is 4. The fourth-order valence-corrected chi connectivity index (χ4v) is 3.80. The molecular weight excluding hydrogens is 306 g/mol. The van der Waals surface area contributed by atoms with Gasteiger partial charge in [-0.2, -0.15) is 0 Å². The Kier molecular flexibility index (Phi) is 4.01. The molecule has 2 atom stereocenters. The summed E-state index contributed by atoms with van der Waals surface area (Å²) in [7, 11) is 0. The van der Waals surface area contributed by atoms with Crippen molar-refractivity contribution in [3.05, 3.63) is 22.6 Å². The van der Waals surface area contributed by atoms with Crippen LogP contribution in [-0.2, 0) is 4.74 Å². The lowest BCUT2D eigenvalue weighted by Gasteiger charge is -2.48. The fraction of sp³-hybridized carbons (Fsp3) is 0.733. The smallest absolute Gasteiger partial charge is 0.169 e. The SMILES string of the molecule is CCNC(c1ccc(Br)o1)C1CCOC2(CCC2)C1. The van der Waals surface area contributed by atoms with Gasteiger partial charge in [0.25, 0.3) is 0 Å². The zero-order valence-electron chi connectivity index (χ0n) is 11.5. The molecular formula is C15H22BrNO2. The van der Waals surface area contributed by atoms with E-state index in [2.05, 4.69) is 34.2 Å². The summed E-state index contributed by atoms with van der Waals surface area (Å²) < 4.78 is 12.6. The molecule has 0 amide bonds. The van der Waals surface area contributed by atoms with Gasteiger partial charge < -0.3 is 14.5 Å². The molecule has 106 valence electrons. The topological polar surface area (TPSA) is 34.4 Å². The molecule has 3 rings (SSSR count). The zero-order valence-corrected chi connectivity index (χ0v) is 13.0. The van der Waals surface area contributed by atoms with E-state index in [-0.39, 0.29) is 5.60 Å². The maximum Gasteiger partial charge on any atom is 0.169 e. The molecule has 1 saturated heterocycles. The van der Waals surface area contributed by atoms with Crippen LogP contribution in [-0.4, -0.2) is 18.8 Å². The standard InChI is InChI=1S/C15H22BrNO2/c1-2-17-14(12-4-5-13(16)19-12)11-6-9-18-15(10-11)7-3-8-15/h4-5,11,14,17H,2-3,6-10H2,1H3. The van der Waals surface area contributed by atoms with Crippen molar-refractivity contribution in [1.29, 1.82) is 0 Å². The van der Waals surface area contributed by atoms with Crippen molar-refractivity contribution in [3.63, 3.8) is 0 Å². The second-order valence-corrected chi connectivity index (χ2v) is 6.60. The Bertz CT molecular complexity index is 428. The van der Waals surface area contributed by atoms with Crippen molar-refractivity contribution in [3.8, 4) is 0 Å². The monoisotopic (exact) mass is 327 g/mol. The molecule has 1 aliphatic heterocycles. The van der Waals surface area contributed by atoms with Crippen molar-refractivity contribution in [1.82, 2.24) is 5.32 Å². The predicted octanol–water partition coefficient (Wildman–Crippen LogP) is 4.04. The first-order chi connectivity index (χ1) is 9.22. The Morgan fingerprint density at radius 1 is 1.47 bits per heavy atom. The van der Waals surface area contributed by atoms with Crippen LogP contribution in [0.3, 0.4) is 0 Å². The molecule has 1 aliphatic carbocycles. The molecule has 0 bridgehead atoms. The van der Waals surface area contributed by atoms with E-state index in [0.29, 0.717) is 12.0 Å². The van der Waals surface area contributed by atoms with E-state index in [1.807, 2.05) is 6.07 Å². The molecule has 2 fully saturated rings. The van der Waals surface area contributed by atoms with Gasteiger partial charge in [-0.1, -0.05) is 6.92 Å². The van der Waals surface area contributed by atoms with Crippen LogP contribution in [0.2, 0.25) is 0 Å². The molecule has 4 heteroatoms. The lowest BCUT2D eigenvalue weighted by atomic mass is 9.70. The van der Waals surface area contributed by atoms with Gasteiger partial charge >= 0.3 is 0 Å². The quantitative estimate of drug-likeness (QED) is 0.906. The molecule has 2 aliphatic rings. The molecule has 19 heavy (non-hydrogen) atoms. The van der Waals surface area contributed by atoms with Gasteiger partial charge in [-0.05, 0) is 72.6 Å². The van der Waals surface area contributed by atoms with E-state index in [4.69, 9.17) is 9.15 Å². The number of ether oxygens (including phenoxy) is 1. The van der Waals surface area contributed by atoms with Crippen LogP contribution in [0.25, 0.3) is 0 Å². The molecule has 1 spiro atoms. The van der Waals surface area contributed by atoms with Gasteiger partial charge in [0.2, 0.25) is 0 Å². The Morgan fingerprint density at radius 3 is 2.89 bits per heavy atom. The predicted molar refractivity (Wildman–Crippen MR) is 78.1 cm³/mol. The summed E-state index contributed by atoms with van der Waals surface area (Å²) in [5.74, 6) is 1.67. The normalized spacial score (nSPS) is 27.2. The average Bonchev–Trinajstić information content (AvgIpc) is 2.80. The highest BCUT2D eigenvalue weighted by molar-refractivity contribution is 9.10. The van der Waals surface area contributed by atoms with Gasteiger partial charge in [0.05, 0.1) is 11.6 Å². The molecule has 1 aromatic heterocycles. The van der Waals surface area contributed by atoms with Gasteiger partial charge in [-0.15, -0.1) is 0 Å². The maximum absolute atomic E-state index is 6.03. The summed E-state index contributed by atoms with van der Waals surface area (Å²) in [6.07, 6.45) is 6.10. The van der Waals surface area contributed by atoms with Gasteiger partial charge in [-0.3, -0.25) is 0 Å². The Morgan fingerprint density at radius 2 is 2.32 bits per heavy atom. The molecule has 0 aromatic carbocycles. The third kappa shape index (κ3) is 2.76. The second-order valence-electron chi connectivity index (χ2n) is 5.82. The van der Waals surface area contributed by atoms with Crippen LogP contribution < -0.4 is 5.32 Å². The molecule has 3 nitrogen and oxygen atoms in total. The molecule has 2 heterocycles. The highest BCUT2D eigenvalue weighted by atomic mass is 79.9. The largest absolute Gasteiger partial charge is 0.453 e. The molecule has 1 N–H and O–H groups in total. The second kappa shape index (κ2) is 5.58. The van der Waals surface area contributed by atoms with Crippen molar-refractivity contribution in [2.24, 2.45) is 5.92 Å². The fourth-order valence-electron chi connectivity index (χ4n) is 3.48. The number of hydrogen-bond donors (Lipinski definition) is 1. The summed E-state index contributed by atoms with van der Waals surface area (Å²) >= 11 is 3.40. The lowest BCUT2D eigenvalue weighted by molar-refractivity contribution is -0.148. The van der Waals surface area contributed by atoms with E-state index < -0.39 is 0 Å². The highest BCUT2D eigenvalue weighted by Crippen LogP contribution is 2.47. The van der Waals surface area contributed by atoms with Gasteiger partial charge in [0, 0.05) is 6.61 Å². The minimum Gasteiger partial charge on any atom is -0.453 e. The average molecular weight is 328 g/mol. The van der Waals surface area contributed by atoms with E-state index in [0.717, 1.165) is 30.0 Å². The van der Waals surface area contributed by atoms with Crippen LogP contribution >= 0.6 is 15.9 Å². The summed E-state index contributed by atoms with van der Waals surface area (Å²) in [5.41, 5.74) is 0.195. The summed E-state index contributed by atoms with van der Waals surface area (Å²) in [6, 6.07) is 4.39. The van der Waals surface area contributed by atoms with E-state index in [9.17, 15) is 0 Å². The highest BCUT2D eigenvalue weighted by Gasteiger charge is 2.44. The summed E-state index contributed by atoms with van der Waals surface area (Å²) in [6.45, 7) is 4.02. The van der Waals surface area contributed by atoms with Gasteiger partial charge in [-0.25, -0.2) is 0 Å². The number of nitrogens with one attached hydrogen (secondary N) is 1. The molecule has 2 unspecified atom stereocenters. The van der Waals surface area contributed by atoms with E-state index in [1.54, 1.807) is 0 Å². The van der Waals surface area contributed by atoms with E-state index >= 15 is 0 Å². The van der Waals surface area contributed by atoms with Crippen LogP contribution in [0.4, 0.5) is 0 Å². The van der Waals surface area contributed by atoms with Crippen LogP contribution in [0.5, 0.6) is 0 Å². The van der Waals surface area contributed by atoms with E-state index in [1.165, 1.54) is 25.7 Å².